The maximum absolute atomic E-state index is 12.5. The third-order valence-corrected chi connectivity index (χ3v) is 5.59. The van der Waals surface area contributed by atoms with Crippen molar-refractivity contribution in [2.75, 3.05) is 19.6 Å². The Kier molecular flexibility index (Phi) is 6.97. The number of hydrogen-bond donors (Lipinski definition) is 1. The van der Waals surface area contributed by atoms with E-state index in [9.17, 15) is 4.79 Å². The van der Waals surface area contributed by atoms with Crippen LogP contribution < -0.4 is 5.32 Å². The monoisotopic (exact) mass is 361 g/mol. The molecular weight excluding hydrogens is 333 g/mol. The number of nitrogens with zero attached hydrogens (tertiary/aromatic N) is 2. The van der Waals surface area contributed by atoms with E-state index in [4.69, 9.17) is 4.84 Å². The van der Waals surface area contributed by atoms with E-state index in [0.29, 0.717) is 31.3 Å². The molecule has 0 saturated carbocycles. The average Bonchev–Trinajstić information content (AvgIpc) is 2.65. The lowest BCUT2D eigenvalue weighted by atomic mass is 9.88. The predicted octanol–water partition coefficient (Wildman–Crippen LogP) is 2.77. The lowest BCUT2D eigenvalue weighted by Gasteiger charge is -2.30. The first kappa shape index (κ1) is 18.5. The first-order chi connectivity index (χ1) is 12.2. The van der Waals surface area contributed by atoms with Crippen LogP contribution in [0.3, 0.4) is 0 Å². The summed E-state index contributed by atoms with van der Waals surface area (Å²) in [6.45, 7) is 3.29. The zero-order valence-electron chi connectivity index (χ0n) is 14.7. The Labute approximate surface area is 152 Å². The van der Waals surface area contributed by atoms with Gasteiger partial charge in [-0.15, -0.1) is 0 Å². The van der Waals surface area contributed by atoms with Crippen LogP contribution in [0.5, 0.6) is 0 Å². The van der Waals surface area contributed by atoms with Crippen LogP contribution in [-0.4, -0.2) is 41.8 Å². The zero-order chi connectivity index (χ0) is 17.5. The third-order valence-electron chi connectivity index (χ3n) is 5.07. The van der Waals surface area contributed by atoms with E-state index in [1.165, 1.54) is 0 Å². The number of carbonyl (C=O) groups excluding carboxylic acids is 1. The molecule has 5 nitrogen and oxygen atoms in total. The van der Waals surface area contributed by atoms with E-state index in [1.807, 2.05) is 30.3 Å². The van der Waals surface area contributed by atoms with Crippen molar-refractivity contribution in [3.05, 3.63) is 35.9 Å². The molecule has 1 N–H and O–H groups in total. The minimum absolute atomic E-state index is 0.0119. The van der Waals surface area contributed by atoms with Crippen molar-refractivity contribution < 1.29 is 9.63 Å². The van der Waals surface area contributed by atoms with E-state index in [2.05, 4.69) is 24.5 Å². The van der Waals surface area contributed by atoms with E-state index >= 15 is 0 Å². The van der Waals surface area contributed by atoms with Gasteiger partial charge in [-0.05, 0) is 37.2 Å². The highest BCUT2D eigenvalue weighted by Gasteiger charge is 2.27. The summed E-state index contributed by atoms with van der Waals surface area (Å²) in [5.74, 6) is 0.918. The Morgan fingerprint density at radius 3 is 2.68 bits per heavy atom. The SMILES string of the molecule is O=C(CC1CCN(P)CC1)[C@@H]1CCC(=NOCc2ccccc2)CN1. The Bertz CT molecular complexity index is 576. The summed E-state index contributed by atoms with van der Waals surface area (Å²) < 4.78 is 2.26. The summed E-state index contributed by atoms with van der Waals surface area (Å²) in [6, 6.07) is 10.0. The first-order valence-corrected chi connectivity index (χ1v) is 9.69. The van der Waals surface area contributed by atoms with Gasteiger partial charge in [0.05, 0.1) is 11.8 Å². The van der Waals surface area contributed by atoms with Crippen LogP contribution in [0.25, 0.3) is 0 Å². The Morgan fingerprint density at radius 2 is 2.00 bits per heavy atom. The zero-order valence-corrected chi connectivity index (χ0v) is 15.8. The molecule has 0 aromatic heterocycles. The number of rotatable bonds is 6. The molecule has 2 saturated heterocycles. The number of Topliss-reactive ketones (excluding diaryl/α,β-unsaturated/α-hetero) is 1. The van der Waals surface area contributed by atoms with Gasteiger partial charge in [0, 0.05) is 26.1 Å². The molecular formula is C19H28N3O2P. The molecule has 0 spiro atoms. The van der Waals surface area contributed by atoms with Crippen molar-refractivity contribution >= 4 is 20.9 Å². The largest absolute Gasteiger partial charge is 0.391 e. The second-order valence-electron chi connectivity index (χ2n) is 7.04. The number of carbonyl (C=O) groups is 1. The maximum atomic E-state index is 12.5. The van der Waals surface area contributed by atoms with Crippen LogP contribution >= 0.6 is 9.39 Å². The van der Waals surface area contributed by atoms with Crippen LogP contribution in [0.4, 0.5) is 0 Å². The lowest BCUT2D eigenvalue weighted by Crippen LogP contribution is -2.45. The lowest BCUT2D eigenvalue weighted by molar-refractivity contribution is -0.122. The van der Waals surface area contributed by atoms with Crippen molar-refractivity contribution in [3.8, 4) is 0 Å². The normalized spacial score (nSPS) is 24.4. The molecule has 6 heteroatoms. The molecule has 0 radical (unpaired) electrons. The van der Waals surface area contributed by atoms with Gasteiger partial charge in [0.25, 0.3) is 0 Å². The van der Waals surface area contributed by atoms with Gasteiger partial charge in [0.15, 0.2) is 0 Å². The van der Waals surface area contributed by atoms with Gasteiger partial charge in [0.2, 0.25) is 0 Å². The molecule has 0 aliphatic carbocycles. The van der Waals surface area contributed by atoms with Crippen molar-refractivity contribution in [2.45, 2.75) is 44.8 Å². The molecule has 1 aromatic carbocycles. The van der Waals surface area contributed by atoms with Crippen LogP contribution in [0.2, 0.25) is 0 Å². The topological polar surface area (TPSA) is 53.9 Å². The summed E-state index contributed by atoms with van der Waals surface area (Å²) in [4.78, 5) is 17.9. The Hall–Kier alpha value is -1.29. The molecule has 2 atom stereocenters. The summed E-state index contributed by atoms with van der Waals surface area (Å²) in [6.07, 6.45) is 4.63. The minimum Gasteiger partial charge on any atom is -0.391 e. The highest BCUT2D eigenvalue weighted by atomic mass is 31.0. The van der Waals surface area contributed by atoms with Gasteiger partial charge in [-0.1, -0.05) is 44.9 Å². The molecule has 1 unspecified atom stereocenters. The van der Waals surface area contributed by atoms with E-state index in [1.54, 1.807) is 0 Å². The Balaban J connectivity index is 1.37. The minimum atomic E-state index is -0.0119. The molecule has 3 rings (SSSR count). The molecule has 25 heavy (non-hydrogen) atoms. The van der Waals surface area contributed by atoms with E-state index < -0.39 is 0 Å². The second kappa shape index (κ2) is 9.42. The number of nitrogens with one attached hydrogen (secondary N) is 1. The van der Waals surface area contributed by atoms with Gasteiger partial charge in [0.1, 0.15) is 12.4 Å². The van der Waals surface area contributed by atoms with Gasteiger partial charge in [-0.3, -0.25) is 9.46 Å². The molecule has 1 aromatic rings. The molecule has 136 valence electrons. The molecule has 2 heterocycles. The van der Waals surface area contributed by atoms with E-state index in [-0.39, 0.29) is 6.04 Å². The van der Waals surface area contributed by atoms with Crippen LogP contribution in [0.1, 0.15) is 37.7 Å². The molecule has 2 aliphatic rings. The van der Waals surface area contributed by atoms with Crippen molar-refractivity contribution in [1.82, 2.24) is 9.99 Å². The molecule has 2 aliphatic heterocycles. The van der Waals surface area contributed by atoms with Gasteiger partial charge < -0.3 is 10.2 Å². The number of oxime groups is 1. The number of ketones is 1. The molecule has 0 bridgehead atoms. The molecule has 0 amide bonds. The Morgan fingerprint density at radius 1 is 1.24 bits per heavy atom. The van der Waals surface area contributed by atoms with Crippen molar-refractivity contribution in [3.63, 3.8) is 0 Å². The van der Waals surface area contributed by atoms with Crippen LogP contribution in [0, 0.1) is 5.92 Å². The van der Waals surface area contributed by atoms with Gasteiger partial charge in [-0.25, -0.2) is 0 Å². The van der Waals surface area contributed by atoms with Crippen LogP contribution in [-0.2, 0) is 16.2 Å². The fraction of sp³-hybridized carbons (Fsp3) is 0.579. The quantitative estimate of drug-likeness (QED) is 0.625. The smallest absolute Gasteiger partial charge is 0.150 e. The fourth-order valence-electron chi connectivity index (χ4n) is 3.45. The highest BCUT2D eigenvalue weighted by Crippen LogP contribution is 2.24. The fourth-order valence-corrected chi connectivity index (χ4v) is 3.75. The van der Waals surface area contributed by atoms with E-state index in [0.717, 1.165) is 50.0 Å². The highest BCUT2D eigenvalue weighted by molar-refractivity contribution is 7.13. The maximum Gasteiger partial charge on any atom is 0.150 e. The van der Waals surface area contributed by atoms with Gasteiger partial charge >= 0.3 is 0 Å². The summed E-state index contributed by atoms with van der Waals surface area (Å²) in [5, 5.41) is 7.57. The standard InChI is InChI=1S/C19H28N3O2P/c23-19(12-15-8-10-22(25)11-9-15)18-7-6-17(13-20-18)21-24-14-16-4-2-1-3-5-16/h1-5,15,18,20H,6-14,25H2/t18-/m0/s1. The number of benzene rings is 1. The number of piperidine rings is 2. The van der Waals surface area contributed by atoms with Crippen LogP contribution in [0.15, 0.2) is 35.5 Å². The first-order valence-electron chi connectivity index (χ1n) is 9.18. The van der Waals surface area contributed by atoms with Crippen molar-refractivity contribution in [1.29, 1.82) is 0 Å². The summed E-state index contributed by atoms with van der Waals surface area (Å²) in [5.41, 5.74) is 2.11. The number of hydrogen-bond acceptors (Lipinski definition) is 5. The summed E-state index contributed by atoms with van der Waals surface area (Å²) in [7, 11) is 2.76. The molecule has 2 fully saturated rings. The predicted molar refractivity (Wildman–Crippen MR) is 103 cm³/mol. The summed E-state index contributed by atoms with van der Waals surface area (Å²) >= 11 is 0. The van der Waals surface area contributed by atoms with Crippen molar-refractivity contribution in [2.24, 2.45) is 11.1 Å². The van der Waals surface area contributed by atoms with Gasteiger partial charge in [-0.2, -0.15) is 0 Å². The second-order valence-corrected chi connectivity index (χ2v) is 7.77. The average molecular weight is 361 g/mol. The third kappa shape index (κ3) is 5.88.